The SMILES string of the molecule is OB1OCc2ccc(NCNc3cnco3)cc21. The number of oxazole rings is 1. The molecule has 0 amide bonds. The van der Waals surface area contributed by atoms with Crippen molar-refractivity contribution < 1.29 is 14.1 Å². The molecule has 1 aromatic carbocycles. The van der Waals surface area contributed by atoms with E-state index in [0.717, 1.165) is 16.7 Å². The highest BCUT2D eigenvalue weighted by atomic mass is 16.5. The van der Waals surface area contributed by atoms with Crippen LogP contribution < -0.4 is 16.1 Å². The molecular formula is C11H12BN3O3. The van der Waals surface area contributed by atoms with Gasteiger partial charge >= 0.3 is 7.12 Å². The maximum absolute atomic E-state index is 9.59. The van der Waals surface area contributed by atoms with Crippen LogP contribution in [-0.4, -0.2) is 23.8 Å². The third kappa shape index (κ3) is 2.18. The van der Waals surface area contributed by atoms with Gasteiger partial charge < -0.3 is 24.7 Å². The second-order valence-electron chi connectivity index (χ2n) is 3.97. The first-order valence-electron chi connectivity index (χ1n) is 5.61. The van der Waals surface area contributed by atoms with Gasteiger partial charge in [0.05, 0.1) is 19.5 Å². The normalized spacial score (nSPS) is 13.5. The smallest absolute Gasteiger partial charge is 0.428 e. The number of hydrogen-bond donors (Lipinski definition) is 3. The van der Waals surface area contributed by atoms with Crippen molar-refractivity contribution in [2.45, 2.75) is 6.61 Å². The van der Waals surface area contributed by atoms with E-state index in [9.17, 15) is 5.02 Å². The third-order valence-electron chi connectivity index (χ3n) is 2.80. The zero-order valence-corrected chi connectivity index (χ0v) is 9.59. The number of benzene rings is 1. The lowest BCUT2D eigenvalue weighted by molar-refractivity contribution is 0.275. The average Bonchev–Trinajstić information content (AvgIpc) is 3.01. The average molecular weight is 245 g/mol. The van der Waals surface area contributed by atoms with E-state index in [1.54, 1.807) is 6.20 Å². The van der Waals surface area contributed by atoms with Crippen LogP contribution in [-0.2, 0) is 11.3 Å². The summed E-state index contributed by atoms with van der Waals surface area (Å²) in [7, 11) is -0.816. The Kier molecular flexibility index (Phi) is 2.91. The van der Waals surface area contributed by atoms with E-state index in [4.69, 9.17) is 9.07 Å². The van der Waals surface area contributed by atoms with Crippen molar-refractivity contribution in [3.63, 3.8) is 0 Å². The lowest BCUT2D eigenvalue weighted by Gasteiger charge is -2.08. The topological polar surface area (TPSA) is 79.5 Å². The molecule has 0 aliphatic carbocycles. The lowest BCUT2D eigenvalue weighted by atomic mass is 9.79. The van der Waals surface area contributed by atoms with Crippen LogP contribution in [0.1, 0.15) is 5.56 Å². The van der Waals surface area contributed by atoms with E-state index in [-0.39, 0.29) is 0 Å². The molecule has 1 aliphatic heterocycles. The van der Waals surface area contributed by atoms with Gasteiger partial charge in [-0.1, -0.05) is 6.07 Å². The van der Waals surface area contributed by atoms with Gasteiger partial charge in [0.1, 0.15) is 0 Å². The van der Waals surface area contributed by atoms with Crippen LogP contribution >= 0.6 is 0 Å². The summed E-state index contributed by atoms with van der Waals surface area (Å²) < 4.78 is 10.2. The Morgan fingerprint density at radius 2 is 2.33 bits per heavy atom. The fourth-order valence-electron chi connectivity index (χ4n) is 1.86. The maximum atomic E-state index is 9.59. The Labute approximate surface area is 104 Å². The summed E-state index contributed by atoms with van der Waals surface area (Å²) in [5, 5.41) is 15.8. The molecule has 2 heterocycles. The molecule has 2 aromatic rings. The van der Waals surface area contributed by atoms with Crippen molar-refractivity contribution in [1.82, 2.24) is 4.98 Å². The summed E-state index contributed by atoms with van der Waals surface area (Å²) in [5.41, 5.74) is 2.75. The summed E-state index contributed by atoms with van der Waals surface area (Å²) >= 11 is 0. The van der Waals surface area contributed by atoms with Gasteiger partial charge in [-0.05, 0) is 23.2 Å². The summed E-state index contributed by atoms with van der Waals surface area (Å²) in [6.45, 7) is 0.970. The van der Waals surface area contributed by atoms with E-state index < -0.39 is 7.12 Å². The molecule has 3 N–H and O–H groups in total. The standard InChI is InChI=1S/C11H12BN3O3/c16-12-10-3-9(2-1-8(10)5-18-12)14-6-15-11-4-13-7-17-11/h1-4,7,14-16H,5-6H2. The monoisotopic (exact) mass is 245 g/mol. The number of anilines is 2. The fourth-order valence-corrected chi connectivity index (χ4v) is 1.86. The molecule has 0 bridgehead atoms. The first kappa shape index (κ1) is 11.1. The van der Waals surface area contributed by atoms with Crippen molar-refractivity contribution in [1.29, 1.82) is 0 Å². The summed E-state index contributed by atoms with van der Waals surface area (Å²) in [6, 6.07) is 5.78. The van der Waals surface area contributed by atoms with Crippen molar-refractivity contribution in [2.75, 3.05) is 17.3 Å². The number of hydrogen-bond acceptors (Lipinski definition) is 6. The predicted molar refractivity (Wildman–Crippen MR) is 67.5 cm³/mol. The molecule has 0 saturated heterocycles. The molecule has 92 valence electrons. The summed E-state index contributed by atoms with van der Waals surface area (Å²) in [4.78, 5) is 3.80. The first-order valence-corrected chi connectivity index (χ1v) is 5.61. The molecular weight excluding hydrogens is 233 g/mol. The molecule has 0 saturated carbocycles. The predicted octanol–water partition coefficient (Wildman–Crippen LogP) is 0.374. The quantitative estimate of drug-likeness (QED) is 0.533. The molecule has 0 radical (unpaired) electrons. The van der Waals surface area contributed by atoms with Gasteiger partial charge in [0.2, 0.25) is 5.88 Å². The van der Waals surface area contributed by atoms with E-state index in [0.29, 0.717) is 19.2 Å². The lowest BCUT2D eigenvalue weighted by Crippen LogP contribution is -2.28. The number of fused-ring (bicyclic) bond motifs is 1. The van der Waals surface area contributed by atoms with Crippen LogP contribution in [0.25, 0.3) is 0 Å². The molecule has 1 aliphatic rings. The number of aromatic nitrogens is 1. The van der Waals surface area contributed by atoms with E-state index in [1.807, 2.05) is 18.2 Å². The maximum Gasteiger partial charge on any atom is 0.491 e. The summed E-state index contributed by atoms with van der Waals surface area (Å²) in [6.07, 6.45) is 2.97. The highest BCUT2D eigenvalue weighted by molar-refractivity contribution is 6.61. The zero-order valence-electron chi connectivity index (χ0n) is 9.59. The molecule has 0 unspecified atom stereocenters. The summed E-state index contributed by atoms with van der Waals surface area (Å²) in [5.74, 6) is 0.604. The zero-order chi connectivity index (χ0) is 12.4. The molecule has 1 aromatic heterocycles. The van der Waals surface area contributed by atoms with E-state index in [1.165, 1.54) is 6.39 Å². The molecule has 18 heavy (non-hydrogen) atoms. The Morgan fingerprint density at radius 3 is 3.17 bits per heavy atom. The van der Waals surface area contributed by atoms with E-state index in [2.05, 4.69) is 15.6 Å². The van der Waals surface area contributed by atoms with Gasteiger partial charge in [0.25, 0.3) is 0 Å². The molecule has 6 nitrogen and oxygen atoms in total. The van der Waals surface area contributed by atoms with Gasteiger partial charge in [-0.3, -0.25) is 0 Å². The fraction of sp³-hybridized carbons (Fsp3) is 0.182. The van der Waals surface area contributed by atoms with Crippen molar-refractivity contribution >= 4 is 24.2 Å². The van der Waals surface area contributed by atoms with Crippen molar-refractivity contribution in [3.8, 4) is 0 Å². The van der Waals surface area contributed by atoms with Crippen LogP contribution in [0.5, 0.6) is 0 Å². The van der Waals surface area contributed by atoms with Gasteiger partial charge in [0.15, 0.2) is 6.39 Å². The molecule has 3 rings (SSSR count). The van der Waals surface area contributed by atoms with Crippen LogP contribution in [0.4, 0.5) is 11.6 Å². The number of rotatable bonds is 4. The Balaban J connectivity index is 1.62. The minimum atomic E-state index is -0.816. The Bertz CT molecular complexity index is 532. The van der Waals surface area contributed by atoms with Gasteiger partial charge in [-0.2, -0.15) is 0 Å². The molecule has 0 fully saturated rings. The third-order valence-corrected chi connectivity index (χ3v) is 2.80. The number of nitrogens with one attached hydrogen (secondary N) is 2. The van der Waals surface area contributed by atoms with Crippen molar-refractivity contribution in [3.05, 3.63) is 36.4 Å². The van der Waals surface area contributed by atoms with Gasteiger partial charge in [0, 0.05) is 5.69 Å². The Morgan fingerprint density at radius 1 is 1.39 bits per heavy atom. The second kappa shape index (κ2) is 4.71. The number of nitrogens with zero attached hydrogens (tertiary/aromatic N) is 1. The highest BCUT2D eigenvalue weighted by Crippen LogP contribution is 2.14. The van der Waals surface area contributed by atoms with Crippen LogP contribution in [0.15, 0.2) is 35.2 Å². The minimum absolute atomic E-state index is 0.465. The molecule has 7 heteroatoms. The van der Waals surface area contributed by atoms with Crippen LogP contribution in [0, 0.1) is 0 Å². The van der Waals surface area contributed by atoms with Gasteiger partial charge in [-0.15, -0.1) is 0 Å². The van der Waals surface area contributed by atoms with Crippen LogP contribution in [0.2, 0.25) is 0 Å². The first-order chi connectivity index (χ1) is 8.83. The largest absolute Gasteiger partial charge is 0.491 e. The minimum Gasteiger partial charge on any atom is -0.428 e. The van der Waals surface area contributed by atoms with Gasteiger partial charge in [-0.25, -0.2) is 4.98 Å². The van der Waals surface area contributed by atoms with Crippen molar-refractivity contribution in [2.24, 2.45) is 0 Å². The van der Waals surface area contributed by atoms with E-state index >= 15 is 0 Å². The Hall–Kier alpha value is -1.99. The molecule has 0 spiro atoms. The molecule has 0 atom stereocenters. The second-order valence-corrected chi connectivity index (χ2v) is 3.97. The highest BCUT2D eigenvalue weighted by Gasteiger charge is 2.27. The van der Waals surface area contributed by atoms with Crippen LogP contribution in [0.3, 0.4) is 0 Å².